The lowest BCUT2D eigenvalue weighted by Gasteiger charge is -2.44. The number of ether oxygens (including phenoxy) is 1. The van der Waals surface area contributed by atoms with E-state index in [9.17, 15) is 15.0 Å². The van der Waals surface area contributed by atoms with Crippen LogP contribution in [0.2, 0.25) is 0 Å². The normalized spacial score (nSPS) is 31.7. The van der Waals surface area contributed by atoms with Gasteiger partial charge in [0.1, 0.15) is 12.4 Å². The third kappa shape index (κ3) is 4.43. The van der Waals surface area contributed by atoms with Crippen molar-refractivity contribution in [2.75, 3.05) is 19.8 Å². The fraction of sp³-hybridized carbons (Fsp3) is 0.667. The van der Waals surface area contributed by atoms with Gasteiger partial charge in [0.05, 0.1) is 23.5 Å². The Kier molecular flexibility index (Phi) is 7.04. The second-order valence-corrected chi connectivity index (χ2v) is 6.88. The monoisotopic (exact) mass is 371 g/mol. The molecule has 1 fully saturated rings. The second-order valence-electron chi connectivity index (χ2n) is 6.63. The van der Waals surface area contributed by atoms with Crippen molar-refractivity contribution < 1.29 is 24.6 Å². The van der Waals surface area contributed by atoms with E-state index in [0.717, 1.165) is 6.42 Å². The molecule has 0 aromatic rings. The minimum atomic E-state index is -1.10. The second kappa shape index (κ2) is 8.83. The van der Waals surface area contributed by atoms with Gasteiger partial charge in [0.25, 0.3) is 0 Å². The third-order valence-corrected chi connectivity index (χ3v) is 5.26. The van der Waals surface area contributed by atoms with Crippen molar-refractivity contribution in [1.29, 1.82) is 0 Å². The van der Waals surface area contributed by atoms with Gasteiger partial charge in [-0.05, 0) is 24.8 Å². The van der Waals surface area contributed by atoms with E-state index in [1.54, 1.807) is 6.08 Å². The van der Waals surface area contributed by atoms with Crippen LogP contribution in [-0.2, 0) is 14.4 Å². The van der Waals surface area contributed by atoms with E-state index in [-0.39, 0.29) is 55.0 Å². The highest BCUT2D eigenvalue weighted by atomic mass is 35.5. The Balaban J connectivity index is 2.20. The Morgan fingerprint density at radius 3 is 2.88 bits per heavy atom. The van der Waals surface area contributed by atoms with Crippen LogP contribution in [0.3, 0.4) is 0 Å². The maximum atomic E-state index is 12.7. The summed E-state index contributed by atoms with van der Waals surface area (Å²) in [6, 6.07) is 0. The first kappa shape index (κ1) is 19.9. The lowest BCUT2D eigenvalue weighted by Crippen LogP contribution is -2.53. The Hall–Kier alpha value is -1.37. The smallest absolute Gasteiger partial charge is 0.168 e. The number of oxime groups is 1. The van der Waals surface area contributed by atoms with Gasteiger partial charge in [-0.2, -0.15) is 0 Å². The molecule has 2 aliphatic rings. The molecular formula is C18H26ClNO5. The van der Waals surface area contributed by atoms with E-state index in [4.69, 9.17) is 21.2 Å². The molecule has 6 nitrogen and oxygen atoms in total. The summed E-state index contributed by atoms with van der Waals surface area (Å²) >= 11 is 5.41. The van der Waals surface area contributed by atoms with Crippen LogP contribution in [0.4, 0.5) is 0 Å². The van der Waals surface area contributed by atoms with Crippen molar-refractivity contribution in [3.63, 3.8) is 0 Å². The number of rotatable bonds is 6. The number of allylic oxidation sites excluding steroid dienone is 2. The molecule has 0 amide bonds. The topological polar surface area (TPSA) is 88.3 Å². The fourth-order valence-corrected chi connectivity index (χ4v) is 3.54. The van der Waals surface area contributed by atoms with Crippen LogP contribution in [0.15, 0.2) is 28.1 Å². The molecule has 0 aromatic carbocycles. The van der Waals surface area contributed by atoms with Crippen LogP contribution in [0.25, 0.3) is 0 Å². The average molecular weight is 372 g/mol. The van der Waals surface area contributed by atoms with Gasteiger partial charge in [-0.3, -0.25) is 4.79 Å². The Labute approximate surface area is 153 Å². The number of carbonyl (C=O) groups excluding carboxylic acids is 1. The number of aliphatic hydroxyl groups is 2. The number of ketones is 1. The van der Waals surface area contributed by atoms with Gasteiger partial charge < -0.3 is 19.8 Å². The molecule has 2 N–H and O–H groups in total. The summed E-state index contributed by atoms with van der Waals surface area (Å²) in [7, 11) is 0. The summed E-state index contributed by atoms with van der Waals surface area (Å²) in [5.74, 6) is -0.614. The molecule has 3 unspecified atom stereocenters. The predicted molar refractivity (Wildman–Crippen MR) is 95.6 cm³/mol. The standard InChI is InChI=1S/C18H26ClNO5/c1-3-14(20-25-7-4-6-19)17-15(21)9-13(10-16(17)22)18(23)11-24-8-5-12(18)2/h4,6,12-13,21,23H,3,5,7-11H2,1-2H3/b6-4+,20-14+. The maximum Gasteiger partial charge on any atom is 0.168 e. The van der Waals surface area contributed by atoms with Crippen molar-refractivity contribution in [2.24, 2.45) is 17.0 Å². The van der Waals surface area contributed by atoms with Gasteiger partial charge in [0, 0.05) is 30.9 Å². The number of hydrogen-bond acceptors (Lipinski definition) is 6. The highest BCUT2D eigenvalue weighted by molar-refractivity contribution is 6.25. The molecule has 1 aliphatic carbocycles. The Morgan fingerprint density at radius 1 is 1.52 bits per heavy atom. The number of hydrogen-bond donors (Lipinski definition) is 2. The van der Waals surface area contributed by atoms with E-state index in [1.165, 1.54) is 5.54 Å². The number of halogens is 1. The fourth-order valence-electron chi connectivity index (χ4n) is 3.47. The van der Waals surface area contributed by atoms with E-state index in [1.807, 2.05) is 13.8 Å². The zero-order chi connectivity index (χ0) is 18.4. The Morgan fingerprint density at radius 2 is 2.28 bits per heavy atom. The zero-order valence-corrected chi connectivity index (χ0v) is 15.5. The molecule has 0 aromatic heterocycles. The Bertz CT molecular complexity index is 586. The molecule has 1 aliphatic heterocycles. The van der Waals surface area contributed by atoms with Crippen LogP contribution in [0.5, 0.6) is 0 Å². The van der Waals surface area contributed by atoms with Crippen LogP contribution >= 0.6 is 11.6 Å². The minimum Gasteiger partial charge on any atom is -0.511 e. The first-order valence-electron chi connectivity index (χ1n) is 8.63. The predicted octanol–water partition coefficient (Wildman–Crippen LogP) is 3.10. The molecule has 1 saturated heterocycles. The van der Waals surface area contributed by atoms with Crippen LogP contribution < -0.4 is 0 Å². The van der Waals surface area contributed by atoms with Gasteiger partial charge in [0.2, 0.25) is 0 Å². The van der Waals surface area contributed by atoms with E-state index < -0.39 is 5.60 Å². The molecule has 0 saturated carbocycles. The van der Waals surface area contributed by atoms with Crippen molar-refractivity contribution in [2.45, 2.75) is 45.1 Å². The molecule has 0 radical (unpaired) electrons. The van der Waals surface area contributed by atoms with Gasteiger partial charge in [-0.1, -0.05) is 30.6 Å². The SMILES string of the molecule is CC/C(=N\OC/C=C/Cl)C1=C(O)CC(C2(O)COCCC2C)CC1=O. The molecule has 2 rings (SSSR count). The molecule has 7 heteroatoms. The van der Waals surface area contributed by atoms with Crippen molar-refractivity contribution in [3.8, 4) is 0 Å². The quantitative estimate of drug-likeness (QED) is 0.425. The van der Waals surface area contributed by atoms with Gasteiger partial charge in [-0.15, -0.1) is 0 Å². The van der Waals surface area contributed by atoms with E-state index in [2.05, 4.69) is 5.16 Å². The highest BCUT2D eigenvalue weighted by Gasteiger charge is 2.47. The summed E-state index contributed by atoms with van der Waals surface area (Å²) in [5.41, 5.74) is 0.839. The lowest BCUT2D eigenvalue weighted by atomic mass is 9.69. The summed E-state index contributed by atoms with van der Waals surface area (Å²) in [6.07, 6.45) is 3.15. The van der Waals surface area contributed by atoms with Crippen molar-refractivity contribution in [3.05, 3.63) is 22.9 Å². The molecule has 140 valence electrons. The summed E-state index contributed by atoms with van der Waals surface area (Å²) in [6.45, 7) is 4.78. The lowest BCUT2D eigenvalue weighted by molar-refractivity contribution is -0.159. The molecule has 0 spiro atoms. The van der Waals surface area contributed by atoms with Crippen LogP contribution in [0, 0.1) is 11.8 Å². The number of nitrogens with zero attached hydrogens (tertiary/aromatic N) is 1. The van der Waals surface area contributed by atoms with Gasteiger partial charge >= 0.3 is 0 Å². The summed E-state index contributed by atoms with van der Waals surface area (Å²) in [4.78, 5) is 17.8. The summed E-state index contributed by atoms with van der Waals surface area (Å²) in [5, 5.41) is 25.4. The van der Waals surface area contributed by atoms with Crippen molar-refractivity contribution in [1.82, 2.24) is 0 Å². The van der Waals surface area contributed by atoms with Crippen molar-refractivity contribution >= 4 is 23.1 Å². The average Bonchev–Trinajstić information content (AvgIpc) is 2.58. The molecule has 25 heavy (non-hydrogen) atoms. The molecule has 3 atom stereocenters. The minimum absolute atomic E-state index is 0.0124. The van der Waals surface area contributed by atoms with E-state index >= 15 is 0 Å². The first-order valence-corrected chi connectivity index (χ1v) is 9.07. The third-order valence-electron chi connectivity index (χ3n) is 5.09. The van der Waals surface area contributed by atoms with Crippen LogP contribution in [0.1, 0.15) is 39.5 Å². The molecular weight excluding hydrogens is 346 g/mol. The molecule has 1 heterocycles. The summed E-state index contributed by atoms with van der Waals surface area (Å²) < 4.78 is 5.43. The van der Waals surface area contributed by atoms with Gasteiger partial charge in [-0.25, -0.2) is 0 Å². The van der Waals surface area contributed by atoms with Crippen LogP contribution in [-0.4, -0.2) is 47.1 Å². The number of carbonyl (C=O) groups is 1. The molecule has 0 bridgehead atoms. The maximum absolute atomic E-state index is 12.7. The largest absolute Gasteiger partial charge is 0.511 e. The number of Topliss-reactive ketones (excluding diaryl/α,β-unsaturated/α-hetero) is 1. The van der Waals surface area contributed by atoms with Gasteiger partial charge in [0.15, 0.2) is 5.78 Å². The first-order chi connectivity index (χ1) is 11.9. The highest BCUT2D eigenvalue weighted by Crippen LogP contribution is 2.41. The zero-order valence-electron chi connectivity index (χ0n) is 14.7. The number of aliphatic hydroxyl groups excluding tert-OH is 1. The van der Waals surface area contributed by atoms with E-state index in [0.29, 0.717) is 18.7 Å².